The molecule has 0 unspecified atom stereocenters. The Kier molecular flexibility index (Phi) is 4.70. The molecule has 3 aromatic rings. The Morgan fingerprint density at radius 1 is 1.17 bits per heavy atom. The third-order valence-electron chi connectivity index (χ3n) is 3.77. The normalized spacial score (nSPS) is 10.6. The van der Waals surface area contributed by atoms with Crippen LogP contribution in [-0.4, -0.2) is 22.9 Å². The van der Waals surface area contributed by atoms with Crippen LogP contribution in [0.15, 0.2) is 53.1 Å². The summed E-state index contributed by atoms with van der Waals surface area (Å²) in [5.41, 5.74) is 2.31. The van der Waals surface area contributed by atoms with Crippen molar-refractivity contribution in [2.75, 3.05) is 7.11 Å². The van der Waals surface area contributed by atoms with Crippen molar-refractivity contribution in [1.82, 2.24) is 9.97 Å². The van der Waals surface area contributed by atoms with Crippen LogP contribution in [0, 0.1) is 6.92 Å². The van der Waals surface area contributed by atoms with E-state index in [0.29, 0.717) is 30.2 Å². The van der Waals surface area contributed by atoms with Crippen LogP contribution in [0.25, 0.3) is 11.5 Å². The molecule has 0 N–H and O–H groups in total. The number of pyridine rings is 1. The van der Waals surface area contributed by atoms with Gasteiger partial charge in [-0.05, 0) is 25.1 Å². The summed E-state index contributed by atoms with van der Waals surface area (Å²) >= 11 is 0. The van der Waals surface area contributed by atoms with Crippen molar-refractivity contribution >= 4 is 5.78 Å². The molecule has 122 valence electrons. The molecule has 1 aromatic carbocycles. The molecule has 0 fully saturated rings. The van der Waals surface area contributed by atoms with Crippen molar-refractivity contribution in [3.05, 3.63) is 65.7 Å². The van der Waals surface area contributed by atoms with Gasteiger partial charge in [0.2, 0.25) is 11.8 Å². The third-order valence-corrected chi connectivity index (χ3v) is 3.77. The number of benzene rings is 1. The molecule has 0 bridgehead atoms. The average molecular weight is 322 g/mol. The first-order valence-electron chi connectivity index (χ1n) is 7.72. The second-order valence-electron chi connectivity index (χ2n) is 5.40. The van der Waals surface area contributed by atoms with E-state index in [9.17, 15) is 4.79 Å². The van der Waals surface area contributed by atoms with E-state index in [2.05, 4.69) is 9.97 Å². The molecule has 0 aliphatic rings. The largest absolute Gasteiger partial charge is 0.481 e. The van der Waals surface area contributed by atoms with E-state index < -0.39 is 0 Å². The number of methoxy groups -OCH3 is 1. The number of ketones is 1. The fourth-order valence-corrected chi connectivity index (χ4v) is 2.41. The van der Waals surface area contributed by atoms with Gasteiger partial charge in [-0.2, -0.15) is 0 Å². The zero-order valence-electron chi connectivity index (χ0n) is 13.7. The highest BCUT2D eigenvalue weighted by Gasteiger charge is 2.14. The Balaban J connectivity index is 1.68. The summed E-state index contributed by atoms with van der Waals surface area (Å²) in [7, 11) is 1.54. The molecule has 5 heteroatoms. The molecule has 24 heavy (non-hydrogen) atoms. The van der Waals surface area contributed by atoms with Gasteiger partial charge < -0.3 is 9.15 Å². The first kappa shape index (κ1) is 15.9. The van der Waals surface area contributed by atoms with Crippen molar-refractivity contribution in [3.63, 3.8) is 0 Å². The predicted molar refractivity (Wildman–Crippen MR) is 90.1 cm³/mol. The first-order chi connectivity index (χ1) is 11.7. The van der Waals surface area contributed by atoms with Crippen LogP contribution in [0.3, 0.4) is 0 Å². The molecule has 0 aliphatic heterocycles. The lowest BCUT2D eigenvalue weighted by molar-refractivity contribution is 0.0982. The molecule has 0 radical (unpaired) electrons. The monoisotopic (exact) mass is 322 g/mol. The van der Waals surface area contributed by atoms with Crippen molar-refractivity contribution in [1.29, 1.82) is 0 Å². The van der Waals surface area contributed by atoms with E-state index in [0.717, 1.165) is 17.0 Å². The number of Topliss-reactive ketones (excluding diaryl/α,β-unsaturated/α-hetero) is 1. The van der Waals surface area contributed by atoms with Gasteiger partial charge in [0, 0.05) is 36.2 Å². The zero-order valence-corrected chi connectivity index (χ0v) is 13.7. The van der Waals surface area contributed by atoms with Crippen LogP contribution >= 0.6 is 0 Å². The summed E-state index contributed by atoms with van der Waals surface area (Å²) < 4.78 is 10.7. The fraction of sp³-hybridized carbons (Fsp3) is 0.211. The molecule has 3 rings (SSSR count). The van der Waals surface area contributed by atoms with Crippen molar-refractivity contribution < 1.29 is 13.9 Å². The molecule has 0 aliphatic carbocycles. The summed E-state index contributed by atoms with van der Waals surface area (Å²) in [5.74, 6) is 1.84. The summed E-state index contributed by atoms with van der Waals surface area (Å²) in [4.78, 5) is 20.8. The van der Waals surface area contributed by atoms with Gasteiger partial charge in [0.1, 0.15) is 5.76 Å². The molecular weight excluding hydrogens is 304 g/mol. The van der Waals surface area contributed by atoms with E-state index in [1.54, 1.807) is 19.2 Å². The number of rotatable bonds is 6. The maximum atomic E-state index is 12.3. The fourth-order valence-electron chi connectivity index (χ4n) is 2.41. The van der Waals surface area contributed by atoms with Gasteiger partial charge in [0.25, 0.3) is 0 Å². The van der Waals surface area contributed by atoms with Crippen LogP contribution < -0.4 is 4.74 Å². The zero-order chi connectivity index (χ0) is 16.9. The number of hydrogen-bond donors (Lipinski definition) is 0. The quantitative estimate of drug-likeness (QED) is 0.645. The molecule has 0 spiro atoms. The van der Waals surface area contributed by atoms with Crippen LogP contribution in [0.2, 0.25) is 0 Å². The van der Waals surface area contributed by atoms with Gasteiger partial charge in [-0.1, -0.05) is 18.2 Å². The molecular formula is C19H18N2O3. The third kappa shape index (κ3) is 3.51. The minimum atomic E-state index is 0.0221. The Hall–Kier alpha value is -2.95. The Labute approximate surface area is 140 Å². The summed E-state index contributed by atoms with van der Waals surface area (Å²) in [6, 6.07) is 13.1. The second kappa shape index (κ2) is 7.08. The number of hydrogen-bond acceptors (Lipinski definition) is 5. The second-order valence-corrected chi connectivity index (χ2v) is 5.40. The number of nitrogens with zero attached hydrogens (tertiary/aromatic N) is 2. The first-order valence-corrected chi connectivity index (χ1v) is 7.72. The summed E-state index contributed by atoms with van der Waals surface area (Å²) in [6.07, 6.45) is 2.43. The van der Waals surface area contributed by atoms with Crippen LogP contribution in [0.4, 0.5) is 0 Å². The Morgan fingerprint density at radius 2 is 1.96 bits per heavy atom. The number of oxazole rings is 1. The highest BCUT2D eigenvalue weighted by molar-refractivity contribution is 5.95. The van der Waals surface area contributed by atoms with Gasteiger partial charge in [-0.25, -0.2) is 9.97 Å². The molecule has 2 heterocycles. The molecule has 0 atom stereocenters. The molecule has 0 saturated carbocycles. The number of aromatic nitrogens is 2. The maximum absolute atomic E-state index is 12.3. The van der Waals surface area contributed by atoms with Gasteiger partial charge in [0.05, 0.1) is 12.8 Å². The predicted octanol–water partition coefficient (Wildman–Crippen LogP) is 3.87. The van der Waals surface area contributed by atoms with E-state index in [-0.39, 0.29) is 5.78 Å². The number of carbonyl (C=O) groups excluding carboxylic acids is 1. The van der Waals surface area contributed by atoms with Crippen LogP contribution in [0.5, 0.6) is 5.88 Å². The van der Waals surface area contributed by atoms with Gasteiger partial charge in [0.15, 0.2) is 5.78 Å². The summed E-state index contributed by atoms with van der Waals surface area (Å²) in [5, 5.41) is 0. The van der Waals surface area contributed by atoms with E-state index >= 15 is 0 Å². The highest BCUT2D eigenvalue weighted by atomic mass is 16.5. The Morgan fingerprint density at radius 3 is 2.62 bits per heavy atom. The standard InChI is InChI=1S/C19H18N2O3/c1-13-16(21-19(24-13)14-6-4-3-5-7-14)9-10-17(22)15-8-11-18(23-2)20-12-15/h3-8,11-12H,9-10H2,1-2H3. The molecule has 2 aromatic heterocycles. The van der Waals surface area contributed by atoms with Crippen molar-refractivity contribution in [2.45, 2.75) is 19.8 Å². The highest BCUT2D eigenvalue weighted by Crippen LogP contribution is 2.22. The molecule has 0 amide bonds. The van der Waals surface area contributed by atoms with Crippen LogP contribution in [0.1, 0.15) is 28.2 Å². The van der Waals surface area contributed by atoms with Crippen molar-refractivity contribution in [3.8, 4) is 17.3 Å². The van der Waals surface area contributed by atoms with Gasteiger partial charge in [-0.3, -0.25) is 4.79 Å². The lowest BCUT2D eigenvalue weighted by Gasteiger charge is -2.01. The van der Waals surface area contributed by atoms with E-state index in [1.165, 1.54) is 6.20 Å². The SMILES string of the molecule is COc1ccc(C(=O)CCc2nc(-c3ccccc3)oc2C)cn1. The minimum absolute atomic E-state index is 0.0221. The molecule has 0 saturated heterocycles. The Bertz CT molecular complexity index is 824. The smallest absolute Gasteiger partial charge is 0.226 e. The van der Waals surface area contributed by atoms with E-state index in [4.69, 9.17) is 9.15 Å². The van der Waals surface area contributed by atoms with E-state index in [1.807, 2.05) is 37.3 Å². The van der Waals surface area contributed by atoms with Gasteiger partial charge in [-0.15, -0.1) is 0 Å². The minimum Gasteiger partial charge on any atom is -0.481 e. The maximum Gasteiger partial charge on any atom is 0.226 e. The molecule has 5 nitrogen and oxygen atoms in total. The lowest BCUT2D eigenvalue weighted by atomic mass is 10.1. The number of ether oxygens (including phenoxy) is 1. The van der Waals surface area contributed by atoms with Gasteiger partial charge >= 0.3 is 0 Å². The summed E-state index contributed by atoms with van der Waals surface area (Å²) in [6.45, 7) is 1.87. The number of aryl methyl sites for hydroxylation is 2. The van der Waals surface area contributed by atoms with Crippen molar-refractivity contribution in [2.24, 2.45) is 0 Å². The topological polar surface area (TPSA) is 65.2 Å². The van der Waals surface area contributed by atoms with Crippen LogP contribution in [-0.2, 0) is 6.42 Å². The lowest BCUT2D eigenvalue weighted by Crippen LogP contribution is -2.03. The average Bonchev–Trinajstić information content (AvgIpc) is 3.01. The number of carbonyl (C=O) groups is 1.